The minimum atomic E-state index is -0.469. The Bertz CT molecular complexity index is 3790. The Hall–Kier alpha value is -7.85. The van der Waals surface area contributed by atoms with Gasteiger partial charge in [0.05, 0.1) is 17.0 Å². The lowest BCUT2D eigenvalue weighted by Crippen LogP contribution is -2.26. The van der Waals surface area contributed by atoms with Gasteiger partial charge in [0.15, 0.2) is 5.58 Å². The maximum atomic E-state index is 7.38. The summed E-state index contributed by atoms with van der Waals surface area (Å²) in [4.78, 5) is 2.37. The second-order valence-electron chi connectivity index (χ2n) is 17.6. The van der Waals surface area contributed by atoms with Crippen LogP contribution in [0.2, 0.25) is 5.02 Å². The number of fused-ring (bicyclic) bond motifs is 17. The summed E-state index contributed by atoms with van der Waals surface area (Å²) in [5.74, 6) is 0. The number of benzene rings is 9. The predicted molar refractivity (Wildman–Crippen MR) is 270 cm³/mol. The maximum absolute atomic E-state index is 7.38. The number of nitrogens with zero attached hydrogens (tertiary/aromatic N) is 2. The second kappa shape index (κ2) is 13.8. The molecule has 3 nitrogen and oxygen atoms in total. The van der Waals surface area contributed by atoms with E-state index in [4.69, 9.17) is 16.0 Å². The molecule has 0 fully saturated rings. The van der Waals surface area contributed by atoms with E-state index in [0.29, 0.717) is 5.02 Å². The van der Waals surface area contributed by atoms with Crippen LogP contribution in [-0.4, -0.2) is 4.57 Å². The highest BCUT2D eigenvalue weighted by molar-refractivity contribution is 6.32. The van der Waals surface area contributed by atoms with Gasteiger partial charge >= 0.3 is 0 Å². The van der Waals surface area contributed by atoms with Crippen molar-refractivity contribution in [2.45, 2.75) is 17.9 Å². The highest BCUT2D eigenvalue weighted by atomic mass is 35.5. The number of allylic oxidation sites excluding steroid dienone is 4. The number of aromatic nitrogens is 1. The lowest BCUT2D eigenvalue weighted by Gasteiger charge is -2.32. The van der Waals surface area contributed by atoms with E-state index in [1.165, 1.54) is 55.4 Å². The number of hydrogen-bond acceptors (Lipinski definition) is 2. The van der Waals surface area contributed by atoms with Gasteiger partial charge in [0.2, 0.25) is 0 Å². The van der Waals surface area contributed by atoms with E-state index in [0.717, 1.165) is 67.5 Å². The first-order valence-corrected chi connectivity index (χ1v) is 22.8. The summed E-state index contributed by atoms with van der Waals surface area (Å²) < 4.78 is 9.48. The fourth-order valence-electron chi connectivity index (χ4n) is 11.8. The van der Waals surface area contributed by atoms with Crippen LogP contribution in [0.15, 0.2) is 223 Å². The molecule has 3 aliphatic carbocycles. The smallest absolute Gasteiger partial charge is 0.160 e. The Morgan fingerprint density at radius 1 is 0.508 bits per heavy atom. The average Bonchev–Trinajstić information content (AvgIpc) is 4.08. The molecule has 0 N–H and O–H groups in total. The third-order valence-electron chi connectivity index (χ3n) is 14.3. The van der Waals surface area contributed by atoms with Crippen LogP contribution in [0.1, 0.15) is 34.7 Å². The van der Waals surface area contributed by atoms with E-state index in [9.17, 15) is 0 Å². The molecule has 0 amide bonds. The largest absolute Gasteiger partial charge is 0.454 e. The number of anilines is 3. The first-order valence-electron chi connectivity index (χ1n) is 22.5. The molecule has 1 unspecified atom stereocenters. The molecule has 306 valence electrons. The highest BCUT2D eigenvalue weighted by Gasteiger charge is 2.51. The molecule has 9 aromatic carbocycles. The second-order valence-corrected chi connectivity index (χ2v) is 18.0. The van der Waals surface area contributed by atoms with Gasteiger partial charge in [-0.2, -0.15) is 0 Å². The summed E-state index contributed by atoms with van der Waals surface area (Å²) in [5, 5.41) is 5.18. The van der Waals surface area contributed by atoms with Gasteiger partial charge in [-0.1, -0.05) is 169 Å². The normalized spacial score (nSPS) is 15.2. The molecule has 1 spiro atoms. The number of para-hydroxylation sites is 3. The first-order chi connectivity index (χ1) is 32.2. The fraction of sp³-hybridized carbons (Fsp3) is 0.0492. The zero-order chi connectivity index (χ0) is 42.8. The molecule has 3 aliphatic rings. The Kier molecular flexibility index (Phi) is 7.79. The number of halogens is 1. The van der Waals surface area contributed by atoms with E-state index < -0.39 is 5.41 Å². The molecular formula is C61H39ClN2O. The van der Waals surface area contributed by atoms with Crippen molar-refractivity contribution >= 4 is 72.4 Å². The number of hydrogen-bond donors (Lipinski definition) is 0. The summed E-state index contributed by atoms with van der Waals surface area (Å²) in [5.41, 5.74) is 19.2. The first kappa shape index (κ1) is 36.6. The zero-order valence-electron chi connectivity index (χ0n) is 35.2. The SMILES string of the molecule is Clc1cc(-c2cc3c4ccccc4n(C4C=CC=CC4)c3c3oc4ccccc4c23)cc(N(c2ccccc2)c2ccc3c(c2)C2(c4ccccc4-c4ccccc42)c2ccccc2-3)c1. The molecule has 4 heteroatoms. The summed E-state index contributed by atoms with van der Waals surface area (Å²) >= 11 is 7.38. The lowest BCUT2D eigenvalue weighted by atomic mass is 9.70. The Morgan fingerprint density at radius 3 is 1.88 bits per heavy atom. The Labute approximate surface area is 381 Å². The monoisotopic (exact) mass is 850 g/mol. The van der Waals surface area contributed by atoms with E-state index in [1.807, 2.05) is 0 Å². The molecule has 65 heavy (non-hydrogen) atoms. The molecule has 0 saturated carbocycles. The van der Waals surface area contributed by atoms with Crippen molar-refractivity contribution in [1.82, 2.24) is 4.57 Å². The summed E-state index contributed by atoms with van der Waals surface area (Å²) in [6, 6.07) is 71.0. The molecule has 0 bridgehead atoms. The lowest BCUT2D eigenvalue weighted by molar-refractivity contribution is 0.635. The van der Waals surface area contributed by atoms with Gasteiger partial charge in [-0.25, -0.2) is 0 Å². The zero-order valence-corrected chi connectivity index (χ0v) is 36.0. The third-order valence-corrected chi connectivity index (χ3v) is 14.5. The van der Waals surface area contributed by atoms with Gasteiger partial charge in [0.1, 0.15) is 5.58 Å². The van der Waals surface area contributed by atoms with Crippen molar-refractivity contribution in [3.63, 3.8) is 0 Å². The molecule has 14 rings (SSSR count). The van der Waals surface area contributed by atoms with Crippen LogP contribution < -0.4 is 4.90 Å². The minimum Gasteiger partial charge on any atom is -0.454 e. The highest BCUT2D eigenvalue weighted by Crippen LogP contribution is 2.63. The number of furan rings is 1. The van der Waals surface area contributed by atoms with Crippen molar-refractivity contribution in [3.8, 4) is 33.4 Å². The molecule has 2 heterocycles. The van der Waals surface area contributed by atoms with Gasteiger partial charge in [0.25, 0.3) is 0 Å². The van der Waals surface area contributed by atoms with Crippen molar-refractivity contribution < 1.29 is 4.42 Å². The van der Waals surface area contributed by atoms with Gasteiger partial charge < -0.3 is 13.9 Å². The van der Waals surface area contributed by atoms with Gasteiger partial charge in [-0.15, -0.1) is 0 Å². The van der Waals surface area contributed by atoms with E-state index in [2.05, 4.69) is 228 Å². The molecular weight excluding hydrogens is 812 g/mol. The molecule has 0 saturated heterocycles. The summed E-state index contributed by atoms with van der Waals surface area (Å²) in [6.07, 6.45) is 9.78. The van der Waals surface area contributed by atoms with Crippen LogP contribution in [0.25, 0.3) is 77.1 Å². The molecule has 0 aliphatic heterocycles. The van der Waals surface area contributed by atoms with Crippen LogP contribution in [0.5, 0.6) is 0 Å². The predicted octanol–water partition coefficient (Wildman–Crippen LogP) is 16.9. The quantitative estimate of drug-likeness (QED) is 0.172. The standard InChI is InChI=1S/C61H39ClN2O/c62-39-33-38(50-37-51-48-24-10-15-29-56(48)64(41-19-5-2-6-20-41)59(51)60-58(50)49-25-11-16-30-57(49)65-60)34-43(35-39)63(40-17-3-1-4-18-40)42-31-32-47-46-23-9-14-28-54(46)61(55(47)36-42)52-26-12-7-21-44(52)45-22-8-13-27-53(45)61/h1-19,21-37,41H,20H2. The van der Waals surface area contributed by atoms with Crippen LogP contribution in [0.4, 0.5) is 17.1 Å². The summed E-state index contributed by atoms with van der Waals surface area (Å²) in [7, 11) is 0. The third kappa shape index (κ3) is 5.07. The Balaban J connectivity index is 1.02. The van der Waals surface area contributed by atoms with E-state index >= 15 is 0 Å². The Morgan fingerprint density at radius 2 is 1.15 bits per heavy atom. The van der Waals surface area contributed by atoms with Crippen LogP contribution in [0, 0.1) is 0 Å². The van der Waals surface area contributed by atoms with Crippen molar-refractivity contribution in [2.75, 3.05) is 4.90 Å². The van der Waals surface area contributed by atoms with Crippen molar-refractivity contribution in [2.24, 2.45) is 0 Å². The molecule has 1 atom stereocenters. The van der Waals surface area contributed by atoms with Crippen molar-refractivity contribution in [3.05, 3.63) is 246 Å². The molecule has 0 radical (unpaired) electrons. The number of rotatable bonds is 5. The van der Waals surface area contributed by atoms with Crippen molar-refractivity contribution in [1.29, 1.82) is 0 Å². The van der Waals surface area contributed by atoms with Gasteiger partial charge in [0, 0.05) is 49.1 Å². The van der Waals surface area contributed by atoms with E-state index in [1.54, 1.807) is 0 Å². The fourth-order valence-corrected chi connectivity index (χ4v) is 12.0. The minimum absolute atomic E-state index is 0.160. The van der Waals surface area contributed by atoms with Crippen LogP contribution in [-0.2, 0) is 5.41 Å². The van der Waals surface area contributed by atoms with Gasteiger partial charge in [-0.3, -0.25) is 0 Å². The van der Waals surface area contributed by atoms with E-state index in [-0.39, 0.29) is 6.04 Å². The molecule has 2 aromatic heterocycles. The molecule has 11 aromatic rings. The van der Waals surface area contributed by atoms with Crippen LogP contribution in [0.3, 0.4) is 0 Å². The van der Waals surface area contributed by atoms with Gasteiger partial charge in [-0.05, 0) is 123 Å². The topological polar surface area (TPSA) is 21.3 Å². The average molecular weight is 851 g/mol. The summed E-state index contributed by atoms with van der Waals surface area (Å²) in [6.45, 7) is 0. The van der Waals surface area contributed by atoms with Crippen LogP contribution >= 0.6 is 11.6 Å². The maximum Gasteiger partial charge on any atom is 0.160 e.